The van der Waals surface area contributed by atoms with Crippen molar-refractivity contribution in [2.45, 2.75) is 17.4 Å². The van der Waals surface area contributed by atoms with Gasteiger partial charge in [0.15, 0.2) is 0 Å². The fourth-order valence-corrected chi connectivity index (χ4v) is 3.37. The van der Waals surface area contributed by atoms with E-state index in [2.05, 4.69) is 10.0 Å². The molecule has 0 spiro atoms. The highest BCUT2D eigenvalue weighted by Gasteiger charge is 2.23. The first-order valence-electron chi connectivity index (χ1n) is 7.56. The average molecular weight is 346 g/mol. The number of hydrogen-bond donors (Lipinski definition) is 2. The van der Waals surface area contributed by atoms with Crippen molar-refractivity contribution in [3.63, 3.8) is 0 Å². The van der Waals surface area contributed by atoms with Crippen LogP contribution in [0.15, 0.2) is 53.4 Å². The molecule has 0 aromatic heterocycles. The number of rotatable bonds is 5. The first-order chi connectivity index (χ1) is 11.5. The van der Waals surface area contributed by atoms with Gasteiger partial charge in [-0.2, -0.15) is 0 Å². The van der Waals surface area contributed by atoms with Crippen molar-refractivity contribution in [3.05, 3.63) is 59.7 Å². The molecule has 3 rings (SSSR count). The van der Waals surface area contributed by atoms with E-state index in [-0.39, 0.29) is 16.9 Å². The Bertz CT molecular complexity index is 839. The van der Waals surface area contributed by atoms with E-state index in [1.54, 1.807) is 12.1 Å². The topological polar surface area (TPSA) is 84.5 Å². The molecule has 1 atom stereocenters. The van der Waals surface area contributed by atoms with Crippen LogP contribution in [0.4, 0.5) is 0 Å². The Kier molecular flexibility index (Phi) is 4.55. The van der Waals surface area contributed by atoms with E-state index in [0.29, 0.717) is 12.1 Å². The molecule has 2 aromatic carbocycles. The van der Waals surface area contributed by atoms with Crippen molar-refractivity contribution in [2.24, 2.45) is 0 Å². The third-order valence-corrected chi connectivity index (χ3v) is 5.29. The zero-order valence-electron chi connectivity index (χ0n) is 13.2. The fourth-order valence-electron chi connectivity index (χ4n) is 2.60. The lowest BCUT2D eigenvalue weighted by Crippen LogP contribution is -2.34. The summed E-state index contributed by atoms with van der Waals surface area (Å²) in [4.78, 5) is 12.3. The third-order valence-electron chi connectivity index (χ3n) is 3.88. The van der Waals surface area contributed by atoms with Crippen LogP contribution in [0.3, 0.4) is 0 Å². The second-order valence-corrected chi connectivity index (χ2v) is 7.38. The Morgan fingerprint density at radius 2 is 2.00 bits per heavy atom. The quantitative estimate of drug-likeness (QED) is 0.855. The molecule has 0 saturated carbocycles. The van der Waals surface area contributed by atoms with Crippen molar-refractivity contribution in [1.29, 1.82) is 0 Å². The van der Waals surface area contributed by atoms with E-state index < -0.39 is 10.0 Å². The van der Waals surface area contributed by atoms with Gasteiger partial charge in [-0.1, -0.05) is 24.3 Å². The Morgan fingerprint density at radius 3 is 2.75 bits per heavy atom. The lowest BCUT2D eigenvalue weighted by Gasteiger charge is -2.12. The second kappa shape index (κ2) is 6.62. The van der Waals surface area contributed by atoms with Gasteiger partial charge in [-0.25, -0.2) is 13.1 Å². The second-order valence-electron chi connectivity index (χ2n) is 5.50. The molecule has 0 fully saturated rings. The summed E-state index contributed by atoms with van der Waals surface area (Å²) >= 11 is 0. The normalized spacial score (nSPS) is 16.3. The first-order valence-corrected chi connectivity index (χ1v) is 9.04. The number of nitrogens with one attached hydrogen (secondary N) is 2. The minimum atomic E-state index is -3.58. The van der Waals surface area contributed by atoms with Crippen molar-refractivity contribution in [1.82, 2.24) is 10.0 Å². The summed E-state index contributed by atoms with van der Waals surface area (Å²) in [7, 11) is -2.25. The number of para-hydroxylation sites is 1. The zero-order valence-corrected chi connectivity index (χ0v) is 14.0. The molecule has 0 saturated heterocycles. The van der Waals surface area contributed by atoms with E-state index in [9.17, 15) is 13.2 Å². The van der Waals surface area contributed by atoms with Gasteiger partial charge < -0.3 is 10.1 Å². The molecule has 0 radical (unpaired) electrons. The monoisotopic (exact) mass is 346 g/mol. The standard InChI is InChI=1S/C17H18N2O4S/c1-18-24(21,22)15-7-4-6-13(10-15)17(20)19-11-14-9-12-5-2-3-8-16(12)23-14/h2-8,10,14,18H,9,11H2,1H3,(H,19,20)/t14-/m1/s1. The van der Waals surface area contributed by atoms with Crippen molar-refractivity contribution < 1.29 is 17.9 Å². The molecule has 1 aliphatic heterocycles. The van der Waals surface area contributed by atoms with E-state index in [1.807, 2.05) is 24.3 Å². The molecule has 1 aliphatic rings. The molecule has 1 amide bonds. The number of sulfonamides is 1. The number of hydrogen-bond acceptors (Lipinski definition) is 4. The maximum atomic E-state index is 12.3. The van der Waals surface area contributed by atoms with Gasteiger partial charge in [-0.05, 0) is 36.9 Å². The Labute approximate surface area is 140 Å². The highest BCUT2D eigenvalue weighted by Crippen LogP contribution is 2.27. The Hall–Kier alpha value is -2.38. The van der Waals surface area contributed by atoms with Gasteiger partial charge in [-0.3, -0.25) is 4.79 Å². The molecule has 1 heterocycles. The van der Waals surface area contributed by atoms with E-state index >= 15 is 0 Å². The van der Waals surface area contributed by atoms with E-state index in [1.165, 1.54) is 19.2 Å². The number of fused-ring (bicyclic) bond motifs is 1. The first kappa shape index (κ1) is 16.5. The summed E-state index contributed by atoms with van der Waals surface area (Å²) in [5, 5.41) is 2.79. The molecular weight excluding hydrogens is 328 g/mol. The lowest BCUT2D eigenvalue weighted by atomic mass is 10.1. The van der Waals surface area contributed by atoms with Crippen molar-refractivity contribution >= 4 is 15.9 Å². The van der Waals surface area contributed by atoms with Crippen LogP contribution in [0.2, 0.25) is 0 Å². The summed E-state index contributed by atoms with van der Waals surface area (Å²) in [5.74, 6) is 0.515. The van der Waals surface area contributed by atoms with Crippen LogP contribution in [0.5, 0.6) is 5.75 Å². The van der Waals surface area contributed by atoms with Crippen LogP contribution in [0.1, 0.15) is 15.9 Å². The van der Waals surface area contributed by atoms with Crippen molar-refractivity contribution in [3.8, 4) is 5.75 Å². The molecule has 126 valence electrons. The molecule has 6 nitrogen and oxygen atoms in total. The summed E-state index contributed by atoms with van der Waals surface area (Å²) in [6.07, 6.45) is 0.625. The average Bonchev–Trinajstić information content (AvgIpc) is 3.02. The van der Waals surface area contributed by atoms with Gasteiger partial charge >= 0.3 is 0 Å². The SMILES string of the molecule is CNS(=O)(=O)c1cccc(C(=O)NC[C@H]2Cc3ccccc3O2)c1. The van der Waals surface area contributed by atoms with Gasteiger partial charge in [0.2, 0.25) is 10.0 Å². The summed E-state index contributed by atoms with van der Waals surface area (Å²) in [6, 6.07) is 13.7. The maximum Gasteiger partial charge on any atom is 0.251 e. The number of carbonyl (C=O) groups is 1. The summed E-state index contributed by atoms with van der Waals surface area (Å²) in [6.45, 7) is 0.358. The fraction of sp³-hybridized carbons (Fsp3) is 0.235. The molecule has 24 heavy (non-hydrogen) atoms. The number of ether oxygens (including phenoxy) is 1. The lowest BCUT2D eigenvalue weighted by molar-refractivity contribution is 0.0933. The van der Waals surface area contributed by atoms with Crippen LogP contribution in [-0.2, 0) is 16.4 Å². The van der Waals surface area contributed by atoms with Crippen LogP contribution in [0, 0.1) is 0 Å². The molecule has 2 N–H and O–H groups in total. The van der Waals surface area contributed by atoms with Gasteiger partial charge in [0.25, 0.3) is 5.91 Å². The van der Waals surface area contributed by atoms with Gasteiger partial charge in [0.05, 0.1) is 11.4 Å². The number of carbonyl (C=O) groups excluding carboxylic acids is 1. The van der Waals surface area contributed by atoms with Crippen LogP contribution in [0.25, 0.3) is 0 Å². The van der Waals surface area contributed by atoms with Gasteiger partial charge in [0.1, 0.15) is 11.9 Å². The molecule has 0 unspecified atom stereocenters. The predicted octanol–water partition coefficient (Wildman–Crippen LogP) is 1.33. The molecule has 0 bridgehead atoms. The van der Waals surface area contributed by atoms with Gasteiger partial charge in [0, 0.05) is 12.0 Å². The number of benzene rings is 2. The van der Waals surface area contributed by atoms with Crippen LogP contribution in [-0.4, -0.2) is 34.0 Å². The summed E-state index contributed by atoms with van der Waals surface area (Å²) in [5.41, 5.74) is 1.42. The number of amides is 1. The molecule has 0 aliphatic carbocycles. The van der Waals surface area contributed by atoms with E-state index in [4.69, 9.17) is 4.74 Å². The smallest absolute Gasteiger partial charge is 0.251 e. The third kappa shape index (κ3) is 3.42. The zero-order chi connectivity index (χ0) is 17.2. The Morgan fingerprint density at radius 1 is 1.21 bits per heavy atom. The van der Waals surface area contributed by atoms with Crippen LogP contribution >= 0.6 is 0 Å². The van der Waals surface area contributed by atoms with Gasteiger partial charge in [-0.15, -0.1) is 0 Å². The molecule has 7 heteroatoms. The molecular formula is C17H18N2O4S. The summed E-state index contributed by atoms with van der Waals surface area (Å²) < 4.78 is 31.6. The van der Waals surface area contributed by atoms with Crippen LogP contribution < -0.4 is 14.8 Å². The van der Waals surface area contributed by atoms with E-state index in [0.717, 1.165) is 17.7 Å². The predicted molar refractivity (Wildman–Crippen MR) is 89.6 cm³/mol. The molecule has 2 aromatic rings. The highest BCUT2D eigenvalue weighted by atomic mass is 32.2. The maximum absolute atomic E-state index is 12.3. The Balaban J connectivity index is 1.63. The minimum Gasteiger partial charge on any atom is -0.488 e. The highest BCUT2D eigenvalue weighted by molar-refractivity contribution is 7.89. The van der Waals surface area contributed by atoms with Crippen molar-refractivity contribution in [2.75, 3.05) is 13.6 Å². The minimum absolute atomic E-state index is 0.0576. The largest absolute Gasteiger partial charge is 0.488 e.